The van der Waals surface area contributed by atoms with Crippen LogP contribution in [0.3, 0.4) is 0 Å². The summed E-state index contributed by atoms with van der Waals surface area (Å²) in [4.78, 5) is 18.6. The molecular formula is C22H28N4O5S. The molecule has 0 fully saturated rings. The first-order valence-corrected chi connectivity index (χ1v) is 11.9. The van der Waals surface area contributed by atoms with Gasteiger partial charge in [-0.2, -0.15) is 8.42 Å². The number of amides is 1. The molecule has 1 atom stereocenters. The van der Waals surface area contributed by atoms with Crippen LogP contribution in [0.4, 0.5) is 4.79 Å². The summed E-state index contributed by atoms with van der Waals surface area (Å²) in [5.41, 5.74) is 0.613. The lowest BCUT2D eigenvalue weighted by molar-refractivity contribution is 0.0168. The largest absolute Gasteiger partial charge is 0.491 e. The van der Waals surface area contributed by atoms with Crippen LogP contribution in [0.25, 0.3) is 10.9 Å². The lowest BCUT2D eigenvalue weighted by atomic mass is 10.0. The molecule has 9 nitrogen and oxygen atoms in total. The van der Waals surface area contributed by atoms with Crippen LogP contribution in [-0.4, -0.2) is 51.7 Å². The third-order valence-electron chi connectivity index (χ3n) is 5.55. The van der Waals surface area contributed by atoms with Gasteiger partial charge in [0.05, 0.1) is 18.1 Å². The number of hydrogen-bond donors (Lipinski definition) is 0. The van der Waals surface area contributed by atoms with E-state index in [2.05, 4.69) is 4.98 Å². The van der Waals surface area contributed by atoms with E-state index < -0.39 is 21.7 Å². The van der Waals surface area contributed by atoms with Crippen molar-refractivity contribution in [2.45, 2.75) is 51.3 Å². The maximum Gasteiger partial charge on any atom is 0.410 e. The van der Waals surface area contributed by atoms with Gasteiger partial charge in [0.2, 0.25) is 0 Å². The summed E-state index contributed by atoms with van der Waals surface area (Å²) >= 11 is 0. The van der Waals surface area contributed by atoms with Gasteiger partial charge in [-0.3, -0.25) is 4.90 Å². The van der Waals surface area contributed by atoms with E-state index in [9.17, 15) is 13.2 Å². The van der Waals surface area contributed by atoms with Gasteiger partial charge in [-0.1, -0.05) is 0 Å². The maximum atomic E-state index is 13.3. The molecule has 0 bridgehead atoms. The van der Waals surface area contributed by atoms with Crippen LogP contribution < -0.4 is 4.74 Å². The van der Waals surface area contributed by atoms with Gasteiger partial charge in [-0.05, 0) is 52.8 Å². The third-order valence-corrected chi connectivity index (χ3v) is 7.11. The number of benzene rings is 1. The number of carbonyl (C=O) groups excluding carboxylic acids is 1. The minimum absolute atomic E-state index is 0.0235. The smallest absolute Gasteiger partial charge is 0.410 e. The minimum atomic E-state index is -3.89. The molecule has 172 valence electrons. The molecule has 3 aromatic rings. The van der Waals surface area contributed by atoms with Gasteiger partial charge in [-0.25, -0.2) is 13.8 Å². The molecule has 0 N–H and O–H groups in total. The van der Waals surface area contributed by atoms with Crippen molar-refractivity contribution in [1.29, 1.82) is 0 Å². The van der Waals surface area contributed by atoms with Crippen LogP contribution in [-0.2, 0) is 21.8 Å². The average Bonchev–Trinajstić information content (AvgIpc) is 3.22. The number of imidazole rings is 1. The molecule has 1 aliphatic heterocycles. The SMILES string of the molecule is Cc1nc(S(=O)(=O)n2ccc3c4c(ccc32)OCCN(C(=O)OC(C)(C)C)C4C)cn1C. The highest BCUT2D eigenvalue weighted by Gasteiger charge is 2.33. The summed E-state index contributed by atoms with van der Waals surface area (Å²) in [6.07, 6.45) is 2.57. The summed E-state index contributed by atoms with van der Waals surface area (Å²) in [6.45, 7) is 9.77. The Labute approximate surface area is 187 Å². The highest BCUT2D eigenvalue weighted by Crippen LogP contribution is 2.39. The molecule has 0 spiro atoms. The molecular weight excluding hydrogens is 432 g/mol. The predicted octanol–water partition coefficient (Wildman–Crippen LogP) is 3.61. The minimum Gasteiger partial charge on any atom is -0.491 e. The molecule has 32 heavy (non-hydrogen) atoms. The van der Waals surface area contributed by atoms with E-state index in [1.165, 1.54) is 16.4 Å². The Hall–Kier alpha value is -3.01. The Morgan fingerprint density at radius 3 is 2.59 bits per heavy atom. The van der Waals surface area contributed by atoms with Crippen molar-refractivity contribution in [1.82, 2.24) is 18.4 Å². The Kier molecular flexibility index (Phi) is 5.23. The molecule has 1 aromatic carbocycles. The Bertz CT molecular complexity index is 1280. The summed E-state index contributed by atoms with van der Waals surface area (Å²) in [6, 6.07) is 4.83. The number of ether oxygens (including phenoxy) is 2. The summed E-state index contributed by atoms with van der Waals surface area (Å²) in [7, 11) is -2.14. The van der Waals surface area contributed by atoms with E-state index in [-0.39, 0.29) is 11.1 Å². The van der Waals surface area contributed by atoms with E-state index in [0.29, 0.717) is 35.6 Å². The van der Waals surface area contributed by atoms with Crippen LogP contribution in [0, 0.1) is 6.92 Å². The van der Waals surface area contributed by atoms with Crippen molar-refractivity contribution in [2.24, 2.45) is 7.05 Å². The van der Waals surface area contributed by atoms with Gasteiger partial charge in [0.1, 0.15) is 23.8 Å². The van der Waals surface area contributed by atoms with Crippen molar-refractivity contribution in [3.8, 4) is 5.75 Å². The molecule has 0 saturated carbocycles. The summed E-state index contributed by atoms with van der Waals surface area (Å²) in [5.74, 6) is 1.23. The zero-order chi connectivity index (χ0) is 23.4. The molecule has 0 saturated heterocycles. The number of rotatable bonds is 2. The Morgan fingerprint density at radius 2 is 1.97 bits per heavy atom. The average molecular weight is 461 g/mol. The van der Waals surface area contributed by atoms with Gasteiger partial charge in [0.25, 0.3) is 10.0 Å². The van der Waals surface area contributed by atoms with Gasteiger partial charge < -0.3 is 14.0 Å². The standard InChI is InChI=1S/C22H28N4O5S/c1-14-20-16-9-10-26(32(28,29)19-13-24(6)15(2)23-19)17(16)7-8-18(20)30-12-11-25(14)21(27)31-22(3,4)5/h7-10,13-14H,11-12H2,1-6H3. The first-order chi connectivity index (χ1) is 14.9. The lowest BCUT2D eigenvalue weighted by Gasteiger charge is -2.30. The van der Waals surface area contributed by atoms with Crippen molar-refractivity contribution in [2.75, 3.05) is 13.2 Å². The van der Waals surface area contributed by atoms with Gasteiger partial charge in [0.15, 0.2) is 5.03 Å². The number of aromatic nitrogens is 3. The molecule has 0 radical (unpaired) electrons. The van der Waals surface area contributed by atoms with Crippen molar-refractivity contribution in [3.05, 3.63) is 42.0 Å². The van der Waals surface area contributed by atoms with E-state index in [0.717, 1.165) is 5.56 Å². The highest BCUT2D eigenvalue weighted by atomic mass is 32.2. The second-order valence-electron chi connectivity index (χ2n) is 8.96. The Balaban J connectivity index is 1.81. The van der Waals surface area contributed by atoms with Gasteiger partial charge >= 0.3 is 6.09 Å². The van der Waals surface area contributed by atoms with Crippen LogP contribution in [0.2, 0.25) is 0 Å². The van der Waals surface area contributed by atoms with E-state index >= 15 is 0 Å². The second-order valence-corrected chi connectivity index (χ2v) is 10.7. The number of nitrogens with zero attached hydrogens (tertiary/aromatic N) is 4. The first-order valence-electron chi connectivity index (χ1n) is 10.4. The number of aryl methyl sites for hydroxylation is 2. The van der Waals surface area contributed by atoms with Gasteiger partial charge in [0, 0.05) is 30.4 Å². The van der Waals surface area contributed by atoms with Crippen molar-refractivity contribution < 1.29 is 22.7 Å². The fourth-order valence-electron chi connectivity index (χ4n) is 3.89. The number of fused-ring (bicyclic) bond motifs is 3. The topological polar surface area (TPSA) is 95.7 Å². The number of carbonyl (C=O) groups is 1. The molecule has 0 aliphatic carbocycles. The van der Waals surface area contributed by atoms with Crippen LogP contribution >= 0.6 is 0 Å². The van der Waals surface area contributed by atoms with Crippen LogP contribution in [0.15, 0.2) is 35.6 Å². The van der Waals surface area contributed by atoms with E-state index in [1.807, 2.05) is 27.7 Å². The molecule has 4 rings (SSSR count). The fraction of sp³-hybridized carbons (Fsp3) is 0.455. The van der Waals surface area contributed by atoms with Gasteiger partial charge in [-0.15, -0.1) is 0 Å². The zero-order valence-electron chi connectivity index (χ0n) is 19.1. The maximum absolute atomic E-state index is 13.3. The predicted molar refractivity (Wildman–Crippen MR) is 119 cm³/mol. The van der Waals surface area contributed by atoms with E-state index in [4.69, 9.17) is 9.47 Å². The zero-order valence-corrected chi connectivity index (χ0v) is 19.9. The lowest BCUT2D eigenvalue weighted by Crippen LogP contribution is -2.39. The number of hydrogen-bond acceptors (Lipinski definition) is 6. The quantitative estimate of drug-likeness (QED) is 0.580. The molecule has 1 amide bonds. The Morgan fingerprint density at radius 1 is 1.25 bits per heavy atom. The van der Waals surface area contributed by atoms with E-state index in [1.54, 1.807) is 41.6 Å². The summed E-state index contributed by atoms with van der Waals surface area (Å²) in [5, 5.41) is 0.673. The molecule has 3 heterocycles. The second kappa shape index (κ2) is 7.54. The monoisotopic (exact) mass is 460 g/mol. The highest BCUT2D eigenvalue weighted by molar-refractivity contribution is 7.90. The normalized spacial score (nSPS) is 17.1. The van der Waals surface area contributed by atoms with Crippen molar-refractivity contribution in [3.63, 3.8) is 0 Å². The van der Waals surface area contributed by atoms with Crippen LogP contribution in [0.5, 0.6) is 5.75 Å². The first kappa shape index (κ1) is 22.2. The van der Waals surface area contributed by atoms with Crippen molar-refractivity contribution >= 4 is 27.0 Å². The molecule has 1 aliphatic rings. The molecule has 1 unspecified atom stereocenters. The fourth-order valence-corrected chi connectivity index (χ4v) is 5.27. The summed E-state index contributed by atoms with van der Waals surface area (Å²) < 4.78 is 41.0. The third kappa shape index (κ3) is 3.72. The molecule has 10 heteroatoms. The van der Waals surface area contributed by atoms with Crippen LogP contribution in [0.1, 0.15) is 45.1 Å². The molecule has 2 aromatic heterocycles.